The highest BCUT2D eigenvalue weighted by Crippen LogP contribution is 2.29. The second kappa shape index (κ2) is 5.39. The van der Waals surface area contributed by atoms with Gasteiger partial charge in [0, 0.05) is 17.3 Å². The average molecular weight is 297 g/mol. The Morgan fingerprint density at radius 2 is 1.83 bits per heavy atom. The molecule has 0 aliphatic rings. The van der Waals surface area contributed by atoms with Crippen molar-refractivity contribution in [2.45, 2.75) is 0 Å². The fraction of sp³-hybridized carbons (Fsp3) is 0. The second-order valence-electron chi connectivity index (χ2n) is 5.07. The number of pyridine rings is 1. The Balaban J connectivity index is 1.83. The van der Waals surface area contributed by atoms with E-state index in [9.17, 15) is 5.26 Å². The van der Waals surface area contributed by atoms with Crippen molar-refractivity contribution in [3.05, 3.63) is 72.4 Å². The van der Waals surface area contributed by atoms with Crippen LogP contribution >= 0.6 is 0 Å². The Hall–Kier alpha value is -3.45. The summed E-state index contributed by atoms with van der Waals surface area (Å²) in [5.74, 6) is 0.510. The maximum atomic E-state index is 9.46. The lowest BCUT2D eigenvalue weighted by molar-refractivity contribution is 0.620. The van der Waals surface area contributed by atoms with Crippen LogP contribution in [0.1, 0.15) is 5.56 Å². The number of nitrogens with zero attached hydrogens (tertiary/aromatic N) is 3. The van der Waals surface area contributed by atoms with Gasteiger partial charge in [0.1, 0.15) is 5.52 Å². The van der Waals surface area contributed by atoms with E-state index in [0.717, 1.165) is 27.9 Å². The number of hydrogen-bond donors (Lipinski definition) is 0. The van der Waals surface area contributed by atoms with Gasteiger partial charge in [0.05, 0.1) is 17.3 Å². The minimum absolute atomic E-state index is 0.510. The lowest BCUT2D eigenvalue weighted by Crippen LogP contribution is -1.89. The molecule has 0 radical (unpaired) electrons. The molecule has 4 nitrogen and oxygen atoms in total. The van der Waals surface area contributed by atoms with Crippen molar-refractivity contribution in [2.24, 2.45) is 0 Å². The molecule has 108 valence electrons. The summed E-state index contributed by atoms with van der Waals surface area (Å²) in [6, 6.07) is 21.0. The average Bonchev–Trinajstić information content (AvgIpc) is 3.06. The Morgan fingerprint density at radius 3 is 2.61 bits per heavy atom. The summed E-state index contributed by atoms with van der Waals surface area (Å²) in [7, 11) is 0. The molecule has 0 fully saturated rings. The number of benzene rings is 2. The van der Waals surface area contributed by atoms with Gasteiger partial charge >= 0.3 is 0 Å². The molecule has 2 aromatic heterocycles. The van der Waals surface area contributed by atoms with Crippen molar-refractivity contribution < 1.29 is 4.42 Å². The monoisotopic (exact) mass is 297 g/mol. The number of hydrogen-bond acceptors (Lipinski definition) is 4. The highest BCUT2D eigenvalue weighted by atomic mass is 16.3. The van der Waals surface area contributed by atoms with Crippen LogP contribution in [0.15, 0.2) is 71.3 Å². The predicted octanol–water partition coefficient (Wildman–Crippen LogP) is 4.43. The Morgan fingerprint density at radius 1 is 0.957 bits per heavy atom. The van der Waals surface area contributed by atoms with Gasteiger partial charge in [-0.15, -0.1) is 0 Å². The standard InChI is InChI=1S/C19H11N3O/c20-12-14-11-13(8-9-15(14)16-5-3-4-10-21-16)19-22-17-6-1-2-7-18(17)23-19/h1-11H. The Labute approximate surface area is 132 Å². The normalized spacial score (nSPS) is 10.6. The zero-order chi connectivity index (χ0) is 15.6. The molecule has 0 N–H and O–H groups in total. The fourth-order valence-corrected chi connectivity index (χ4v) is 2.51. The molecular formula is C19H11N3O. The van der Waals surface area contributed by atoms with Crippen molar-refractivity contribution >= 4 is 11.1 Å². The van der Waals surface area contributed by atoms with Gasteiger partial charge in [0.15, 0.2) is 5.58 Å². The molecule has 0 aliphatic heterocycles. The summed E-state index contributed by atoms with van der Waals surface area (Å²) in [6.07, 6.45) is 1.71. The summed E-state index contributed by atoms with van der Waals surface area (Å²) in [5.41, 5.74) is 4.42. The van der Waals surface area contributed by atoms with Crippen molar-refractivity contribution in [1.82, 2.24) is 9.97 Å². The van der Waals surface area contributed by atoms with Crippen molar-refractivity contribution in [3.8, 4) is 28.8 Å². The molecule has 0 unspecified atom stereocenters. The molecule has 0 saturated heterocycles. The summed E-state index contributed by atoms with van der Waals surface area (Å²) in [5, 5.41) is 9.46. The van der Waals surface area contributed by atoms with E-state index in [0.29, 0.717) is 11.5 Å². The summed E-state index contributed by atoms with van der Waals surface area (Å²) in [4.78, 5) is 8.77. The van der Waals surface area contributed by atoms with Gasteiger partial charge in [-0.2, -0.15) is 5.26 Å². The second-order valence-corrected chi connectivity index (χ2v) is 5.07. The van der Waals surface area contributed by atoms with Gasteiger partial charge in [0.2, 0.25) is 5.89 Å². The predicted molar refractivity (Wildman–Crippen MR) is 87.4 cm³/mol. The quantitative estimate of drug-likeness (QED) is 0.549. The third-order valence-electron chi connectivity index (χ3n) is 3.62. The zero-order valence-electron chi connectivity index (χ0n) is 12.1. The highest BCUT2D eigenvalue weighted by Gasteiger charge is 2.12. The maximum Gasteiger partial charge on any atom is 0.227 e. The van der Waals surface area contributed by atoms with Crippen LogP contribution in [0.4, 0.5) is 0 Å². The zero-order valence-corrected chi connectivity index (χ0v) is 12.1. The number of aromatic nitrogens is 2. The van der Waals surface area contributed by atoms with Gasteiger partial charge in [-0.05, 0) is 36.4 Å². The van der Waals surface area contributed by atoms with E-state index in [1.165, 1.54) is 0 Å². The van der Waals surface area contributed by atoms with Crippen LogP contribution in [0, 0.1) is 11.3 Å². The molecule has 2 heterocycles. The minimum atomic E-state index is 0.510. The topological polar surface area (TPSA) is 62.7 Å². The van der Waals surface area contributed by atoms with Gasteiger partial charge < -0.3 is 4.42 Å². The van der Waals surface area contributed by atoms with Crippen LogP contribution in [-0.4, -0.2) is 9.97 Å². The lowest BCUT2D eigenvalue weighted by atomic mass is 10.0. The van der Waals surface area contributed by atoms with E-state index in [1.807, 2.05) is 54.6 Å². The number of fused-ring (bicyclic) bond motifs is 1. The van der Waals surface area contributed by atoms with E-state index >= 15 is 0 Å². The molecule has 0 saturated carbocycles. The van der Waals surface area contributed by atoms with Crippen LogP contribution in [0.25, 0.3) is 33.8 Å². The SMILES string of the molecule is N#Cc1cc(-c2nc3ccccc3o2)ccc1-c1ccccn1. The largest absolute Gasteiger partial charge is 0.436 e. The van der Waals surface area contributed by atoms with Gasteiger partial charge in [-0.3, -0.25) is 4.98 Å². The molecule has 23 heavy (non-hydrogen) atoms. The first-order valence-corrected chi connectivity index (χ1v) is 7.16. The van der Waals surface area contributed by atoms with E-state index in [4.69, 9.17) is 4.42 Å². The van der Waals surface area contributed by atoms with Crippen molar-refractivity contribution in [3.63, 3.8) is 0 Å². The van der Waals surface area contributed by atoms with Crippen LogP contribution < -0.4 is 0 Å². The number of rotatable bonds is 2. The molecule has 0 atom stereocenters. The number of oxazole rings is 1. The van der Waals surface area contributed by atoms with Crippen molar-refractivity contribution in [2.75, 3.05) is 0 Å². The molecule has 4 rings (SSSR count). The summed E-state index contributed by atoms with van der Waals surface area (Å²) >= 11 is 0. The first-order chi connectivity index (χ1) is 11.3. The first kappa shape index (κ1) is 13.2. The maximum absolute atomic E-state index is 9.46. The summed E-state index contributed by atoms with van der Waals surface area (Å²) < 4.78 is 5.76. The smallest absolute Gasteiger partial charge is 0.227 e. The lowest BCUT2D eigenvalue weighted by Gasteiger charge is -2.04. The van der Waals surface area contributed by atoms with Gasteiger partial charge in [-0.1, -0.05) is 24.3 Å². The van der Waals surface area contributed by atoms with E-state index in [-0.39, 0.29) is 0 Å². The number of nitriles is 1. The van der Waals surface area contributed by atoms with Crippen LogP contribution in [0.3, 0.4) is 0 Å². The van der Waals surface area contributed by atoms with Crippen LogP contribution in [0.5, 0.6) is 0 Å². The molecule has 0 bridgehead atoms. The highest BCUT2D eigenvalue weighted by molar-refractivity contribution is 5.78. The van der Waals surface area contributed by atoms with Crippen LogP contribution in [-0.2, 0) is 0 Å². The third kappa shape index (κ3) is 2.34. The fourth-order valence-electron chi connectivity index (χ4n) is 2.51. The molecule has 2 aromatic carbocycles. The molecular weight excluding hydrogens is 286 g/mol. The molecule has 0 spiro atoms. The van der Waals surface area contributed by atoms with Gasteiger partial charge in [0.25, 0.3) is 0 Å². The van der Waals surface area contributed by atoms with Crippen molar-refractivity contribution in [1.29, 1.82) is 5.26 Å². The molecule has 4 aromatic rings. The molecule has 4 heteroatoms. The van der Waals surface area contributed by atoms with E-state index < -0.39 is 0 Å². The molecule has 0 aliphatic carbocycles. The van der Waals surface area contributed by atoms with Crippen LogP contribution in [0.2, 0.25) is 0 Å². The number of para-hydroxylation sites is 2. The van der Waals surface area contributed by atoms with Gasteiger partial charge in [-0.25, -0.2) is 4.98 Å². The Bertz CT molecular complexity index is 996. The van der Waals surface area contributed by atoms with E-state index in [1.54, 1.807) is 12.3 Å². The molecule has 0 amide bonds. The Kier molecular flexibility index (Phi) is 3.10. The third-order valence-corrected chi connectivity index (χ3v) is 3.62. The first-order valence-electron chi connectivity index (χ1n) is 7.16. The minimum Gasteiger partial charge on any atom is -0.436 e. The summed E-state index contributed by atoms with van der Waals surface area (Å²) in [6.45, 7) is 0. The van der Waals surface area contributed by atoms with E-state index in [2.05, 4.69) is 16.0 Å².